The van der Waals surface area contributed by atoms with E-state index in [9.17, 15) is 9.90 Å². The Hall–Kier alpha value is -3.12. The molecule has 1 fully saturated rings. The monoisotopic (exact) mass is 417 g/mol. The van der Waals surface area contributed by atoms with Crippen molar-refractivity contribution in [1.82, 2.24) is 9.55 Å². The summed E-state index contributed by atoms with van der Waals surface area (Å²) < 4.78 is 7.30. The van der Waals surface area contributed by atoms with Crippen LogP contribution in [0.4, 0.5) is 0 Å². The summed E-state index contributed by atoms with van der Waals surface area (Å²) in [6.45, 7) is 0. The lowest BCUT2D eigenvalue weighted by atomic mass is 9.78. The van der Waals surface area contributed by atoms with Crippen molar-refractivity contribution in [3.63, 3.8) is 0 Å². The van der Waals surface area contributed by atoms with Gasteiger partial charge in [0.2, 0.25) is 0 Å². The third kappa shape index (κ3) is 3.13. The normalized spacial score (nSPS) is 16.2. The van der Waals surface area contributed by atoms with Crippen LogP contribution in [0.5, 0.6) is 5.75 Å². The van der Waals surface area contributed by atoms with Crippen LogP contribution in [0.1, 0.15) is 52.5 Å². The van der Waals surface area contributed by atoms with E-state index in [0.717, 1.165) is 64.3 Å². The van der Waals surface area contributed by atoms with Crippen LogP contribution in [-0.2, 0) is 19.9 Å². The predicted octanol–water partition coefficient (Wildman–Crippen LogP) is 4.36. The second kappa shape index (κ2) is 7.54. The molecule has 0 saturated heterocycles. The summed E-state index contributed by atoms with van der Waals surface area (Å²) in [5, 5.41) is 10.1. The molecule has 3 N–H and O–H groups in total. The number of pyridine rings is 1. The fraction of sp³-hybridized carbons (Fsp3) is 0.360. The molecule has 0 radical (unpaired) electrons. The van der Waals surface area contributed by atoms with E-state index in [4.69, 9.17) is 10.5 Å². The molecule has 6 heteroatoms. The van der Waals surface area contributed by atoms with Crippen LogP contribution in [0.25, 0.3) is 22.5 Å². The minimum atomic E-state index is -0.880. The summed E-state index contributed by atoms with van der Waals surface area (Å²) >= 11 is 0. The van der Waals surface area contributed by atoms with Crippen molar-refractivity contribution >= 4 is 5.97 Å². The second-order valence-electron chi connectivity index (χ2n) is 8.62. The van der Waals surface area contributed by atoms with Gasteiger partial charge in [-0.2, -0.15) is 0 Å². The van der Waals surface area contributed by atoms with E-state index in [-0.39, 0.29) is 6.04 Å². The minimum absolute atomic E-state index is 0.248. The third-order valence-electron chi connectivity index (χ3n) is 7.00. The zero-order valence-electron chi connectivity index (χ0n) is 17.9. The van der Waals surface area contributed by atoms with E-state index in [0.29, 0.717) is 17.9 Å². The lowest BCUT2D eigenvalue weighted by Crippen LogP contribution is -2.30. The molecular weight excluding hydrogens is 390 g/mol. The highest BCUT2D eigenvalue weighted by atomic mass is 16.5. The molecule has 160 valence electrons. The SMILES string of the molecule is COc1ccc(-c2cc3c(cn2)CCc2c(C(=O)O)c(C(N)C4CCC4)n(C)c2-3)cc1. The van der Waals surface area contributed by atoms with E-state index < -0.39 is 5.97 Å². The van der Waals surface area contributed by atoms with Gasteiger partial charge < -0.3 is 20.1 Å². The number of hydrogen-bond donors (Lipinski definition) is 2. The van der Waals surface area contributed by atoms with Gasteiger partial charge in [-0.05, 0) is 73.1 Å². The van der Waals surface area contributed by atoms with E-state index in [1.165, 1.54) is 6.42 Å². The second-order valence-corrected chi connectivity index (χ2v) is 8.62. The number of carboxylic acid groups (broad SMARTS) is 1. The van der Waals surface area contributed by atoms with Gasteiger partial charge in [0.1, 0.15) is 5.75 Å². The highest BCUT2D eigenvalue weighted by molar-refractivity contribution is 5.95. The molecular formula is C25H27N3O3. The standard InChI is InChI=1S/C25H27N3O3/c1-28-23-18(21(25(29)30)24(28)22(26)15-4-3-5-15)11-8-16-13-27-20(12-19(16)23)14-6-9-17(31-2)10-7-14/h6-7,9-10,12-13,15,22H,3-5,8,11,26H2,1-2H3,(H,29,30). The van der Waals surface area contributed by atoms with Gasteiger partial charge in [-0.3, -0.25) is 4.98 Å². The molecule has 2 aliphatic carbocycles. The van der Waals surface area contributed by atoms with Crippen LogP contribution in [0.3, 0.4) is 0 Å². The van der Waals surface area contributed by atoms with Crippen molar-refractivity contribution in [3.05, 3.63) is 58.9 Å². The van der Waals surface area contributed by atoms with E-state index in [1.54, 1.807) is 7.11 Å². The first kappa shape index (κ1) is 19.8. The van der Waals surface area contributed by atoms with Gasteiger partial charge in [-0.15, -0.1) is 0 Å². The van der Waals surface area contributed by atoms with Gasteiger partial charge in [0.15, 0.2) is 0 Å². The van der Waals surface area contributed by atoms with Gasteiger partial charge >= 0.3 is 5.97 Å². The zero-order valence-corrected chi connectivity index (χ0v) is 17.9. The topological polar surface area (TPSA) is 90.4 Å². The number of carboxylic acids is 1. The van der Waals surface area contributed by atoms with Gasteiger partial charge in [0, 0.05) is 36.1 Å². The Morgan fingerprint density at radius 1 is 1.26 bits per heavy atom. The van der Waals surface area contributed by atoms with Crippen molar-refractivity contribution in [3.8, 4) is 28.3 Å². The highest BCUT2D eigenvalue weighted by Gasteiger charge is 2.36. The van der Waals surface area contributed by atoms with Gasteiger partial charge in [0.05, 0.1) is 24.1 Å². The Morgan fingerprint density at radius 2 is 2.00 bits per heavy atom. The Kier molecular flexibility index (Phi) is 4.82. The smallest absolute Gasteiger partial charge is 0.337 e. The molecule has 0 amide bonds. The molecule has 2 aromatic heterocycles. The number of methoxy groups -OCH3 is 1. The Bertz CT molecular complexity index is 1160. The summed E-state index contributed by atoms with van der Waals surface area (Å²) in [5.74, 6) is 0.279. The van der Waals surface area contributed by atoms with Gasteiger partial charge in [-0.25, -0.2) is 4.79 Å². The van der Waals surface area contributed by atoms with Crippen LogP contribution in [0.15, 0.2) is 36.5 Å². The summed E-state index contributed by atoms with van der Waals surface area (Å²) in [7, 11) is 3.61. The lowest BCUT2D eigenvalue weighted by Gasteiger charge is -2.32. The molecule has 2 heterocycles. The average molecular weight is 418 g/mol. The van der Waals surface area contributed by atoms with E-state index in [1.807, 2.05) is 42.1 Å². The molecule has 1 aromatic carbocycles. The number of nitrogens with two attached hydrogens (primary N) is 1. The first-order valence-corrected chi connectivity index (χ1v) is 10.8. The quantitative estimate of drug-likeness (QED) is 0.644. The largest absolute Gasteiger partial charge is 0.497 e. The number of ether oxygens (including phenoxy) is 1. The molecule has 6 nitrogen and oxygen atoms in total. The van der Waals surface area contributed by atoms with E-state index >= 15 is 0 Å². The van der Waals surface area contributed by atoms with Crippen LogP contribution in [-0.4, -0.2) is 27.7 Å². The Morgan fingerprint density at radius 3 is 2.61 bits per heavy atom. The number of hydrogen-bond acceptors (Lipinski definition) is 4. The van der Waals surface area contributed by atoms with Gasteiger partial charge in [-0.1, -0.05) is 6.42 Å². The Labute approximate surface area is 181 Å². The molecule has 0 bridgehead atoms. The molecule has 1 atom stereocenters. The van der Waals surface area contributed by atoms with Crippen molar-refractivity contribution in [2.45, 2.75) is 38.1 Å². The van der Waals surface area contributed by atoms with E-state index in [2.05, 4.69) is 11.1 Å². The van der Waals surface area contributed by atoms with Crippen molar-refractivity contribution in [2.75, 3.05) is 7.11 Å². The van der Waals surface area contributed by atoms with Crippen molar-refractivity contribution in [1.29, 1.82) is 0 Å². The number of fused-ring (bicyclic) bond motifs is 3. The Balaban J connectivity index is 1.66. The fourth-order valence-corrected chi connectivity index (χ4v) is 5.08. The molecule has 2 aliphatic rings. The summed E-state index contributed by atoms with van der Waals surface area (Å²) in [6, 6.07) is 9.65. The number of aromatic nitrogens is 2. The summed E-state index contributed by atoms with van der Waals surface area (Å²) in [6.07, 6.45) is 6.71. The first-order chi connectivity index (χ1) is 15.0. The number of carbonyl (C=O) groups is 1. The van der Waals surface area contributed by atoms with Crippen LogP contribution in [0, 0.1) is 5.92 Å². The maximum atomic E-state index is 12.3. The van der Waals surface area contributed by atoms with Crippen molar-refractivity contribution < 1.29 is 14.6 Å². The van der Waals surface area contributed by atoms with Gasteiger partial charge in [0.25, 0.3) is 0 Å². The zero-order chi connectivity index (χ0) is 21.7. The maximum absolute atomic E-state index is 12.3. The number of aromatic carboxylic acids is 1. The lowest BCUT2D eigenvalue weighted by molar-refractivity contribution is 0.0692. The molecule has 0 spiro atoms. The first-order valence-electron chi connectivity index (χ1n) is 10.8. The molecule has 1 unspecified atom stereocenters. The summed E-state index contributed by atoms with van der Waals surface area (Å²) in [5.41, 5.74) is 13.7. The van der Waals surface area contributed by atoms with Crippen LogP contribution < -0.4 is 10.5 Å². The molecule has 1 saturated carbocycles. The summed E-state index contributed by atoms with van der Waals surface area (Å²) in [4.78, 5) is 17.0. The van der Waals surface area contributed by atoms with Crippen LogP contribution >= 0.6 is 0 Å². The highest BCUT2D eigenvalue weighted by Crippen LogP contribution is 2.44. The molecule has 3 aromatic rings. The molecule has 5 rings (SSSR count). The average Bonchev–Trinajstić information content (AvgIpc) is 3.05. The minimum Gasteiger partial charge on any atom is -0.497 e. The number of aryl methyl sites for hydroxylation is 1. The molecule has 31 heavy (non-hydrogen) atoms. The predicted molar refractivity (Wildman–Crippen MR) is 119 cm³/mol. The number of rotatable bonds is 5. The molecule has 0 aliphatic heterocycles. The third-order valence-corrected chi connectivity index (χ3v) is 7.00. The fourth-order valence-electron chi connectivity index (χ4n) is 5.08. The maximum Gasteiger partial charge on any atom is 0.337 e. The van der Waals surface area contributed by atoms with Crippen molar-refractivity contribution in [2.24, 2.45) is 18.7 Å². The van der Waals surface area contributed by atoms with Crippen LogP contribution in [0.2, 0.25) is 0 Å². The number of benzene rings is 1. The number of nitrogens with zero attached hydrogens (tertiary/aromatic N) is 2.